The van der Waals surface area contributed by atoms with Crippen LogP contribution in [0, 0.1) is 0 Å². The molecule has 1 N–H and O–H groups in total. The minimum atomic E-state index is 0.175. The molecule has 2 saturated heterocycles. The Balaban J connectivity index is 1.68. The minimum Gasteiger partial charge on any atom is -0.385 e. The Hall–Kier alpha value is -1.43. The molecule has 1 amide bonds. The van der Waals surface area contributed by atoms with Crippen LogP contribution < -0.4 is 5.32 Å². The number of rotatable bonds is 7. The third-order valence-corrected chi connectivity index (χ3v) is 6.06. The van der Waals surface area contributed by atoms with Gasteiger partial charge in [-0.25, -0.2) is 0 Å². The summed E-state index contributed by atoms with van der Waals surface area (Å²) in [5.41, 5.74) is 2.17. The number of methoxy groups -OCH3 is 1. The first-order valence-corrected chi connectivity index (χ1v) is 10.5. The van der Waals surface area contributed by atoms with Crippen molar-refractivity contribution in [2.75, 3.05) is 53.5 Å². The highest BCUT2D eigenvalue weighted by Crippen LogP contribution is 2.24. The number of hydrogen-bond acceptors (Lipinski definition) is 4. The van der Waals surface area contributed by atoms with Crippen LogP contribution in [0.5, 0.6) is 0 Å². The highest BCUT2D eigenvalue weighted by atomic mass is 16.5. The Morgan fingerprint density at radius 1 is 1.22 bits per heavy atom. The summed E-state index contributed by atoms with van der Waals surface area (Å²) in [5.74, 6) is 0.753. The molecule has 0 radical (unpaired) electrons. The van der Waals surface area contributed by atoms with Gasteiger partial charge in [-0.1, -0.05) is 12.1 Å². The summed E-state index contributed by atoms with van der Waals surface area (Å²) in [7, 11) is 3.88. The number of amides is 1. The molecule has 1 aromatic carbocycles. The molecule has 5 nitrogen and oxygen atoms in total. The third kappa shape index (κ3) is 5.53. The van der Waals surface area contributed by atoms with Crippen LogP contribution in [0.25, 0.3) is 0 Å². The lowest BCUT2D eigenvalue weighted by Crippen LogP contribution is -2.47. The predicted octanol–water partition coefficient (Wildman–Crippen LogP) is 2.73. The first-order valence-electron chi connectivity index (χ1n) is 10.5. The van der Waals surface area contributed by atoms with Crippen LogP contribution in [-0.4, -0.2) is 75.2 Å². The zero-order valence-electron chi connectivity index (χ0n) is 17.0. The summed E-state index contributed by atoms with van der Waals surface area (Å²) >= 11 is 0. The average Bonchev–Trinajstić information content (AvgIpc) is 2.72. The van der Waals surface area contributed by atoms with Crippen molar-refractivity contribution in [3.63, 3.8) is 0 Å². The molecular formula is C22H35N3O2. The first-order chi connectivity index (χ1) is 13.2. The molecule has 3 rings (SSSR count). The number of carbonyl (C=O) groups excluding carboxylic acids is 1. The molecule has 2 aliphatic heterocycles. The predicted molar refractivity (Wildman–Crippen MR) is 109 cm³/mol. The molecule has 150 valence electrons. The van der Waals surface area contributed by atoms with E-state index in [1.165, 1.54) is 18.4 Å². The SMILES string of the molecule is COCCCN(C(=O)c1ccc([C@H]2CCCNC2)cc1)C1CCN(C)CC1. The molecule has 0 saturated carbocycles. The van der Waals surface area contributed by atoms with E-state index in [2.05, 4.69) is 34.3 Å². The molecule has 1 atom stereocenters. The molecule has 27 heavy (non-hydrogen) atoms. The van der Waals surface area contributed by atoms with Crippen LogP contribution in [0.4, 0.5) is 0 Å². The van der Waals surface area contributed by atoms with Crippen LogP contribution in [0.15, 0.2) is 24.3 Å². The van der Waals surface area contributed by atoms with Crippen molar-refractivity contribution >= 4 is 5.91 Å². The number of likely N-dealkylation sites (tertiary alicyclic amines) is 1. The van der Waals surface area contributed by atoms with Gasteiger partial charge in [0.25, 0.3) is 5.91 Å². The molecular weight excluding hydrogens is 338 g/mol. The molecule has 0 aromatic heterocycles. The summed E-state index contributed by atoms with van der Waals surface area (Å²) in [4.78, 5) is 17.7. The van der Waals surface area contributed by atoms with E-state index in [1.807, 2.05) is 12.1 Å². The summed E-state index contributed by atoms with van der Waals surface area (Å²) in [6.45, 7) is 5.77. The molecule has 2 heterocycles. The topological polar surface area (TPSA) is 44.8 Å². The largest absolute Gasteiger partial charge is 0.385 e. The molecule has 0 unspecified atom stereocenters. The third-order valence-electron chi connectivity index (χ3n) is 6.06. The van der Waals surface area contributed by atoms with Crippen molar-refractivity contribution in [2.24, 2.45) is 0 Å². The van der Waals surface area contributed by atoms with Gasteiger partial charge in [-0.3, -0.25) is 4.79 Å². The van der Waals surface area contributed by atoms with Crippen LogP contribution in [0.3, 0.4) is 0 Å². The van der Waals surface area contributed by atoms with Crippen molar-refractivity contribution in [1.29, 1.82) is 0 Å². The van der Waals surface area contributed by atoms with Gasteiger partial charge in [0.2, 0.25) is 0 Å². The van der Waals surface area contributed by atoms with E-state index >= 15 is 0 Å². The lowest BCUT2D eigenvalue weighted by Gasteiger charge is -2.37. The van der Waals surface area contributed by atoms with Gasteiger partial charge in [-0.15, -0.1) is 0 Å². The van der Waals surface area contributed by atoms with E-state index < -0.39 is 0 Å². The van der Waals surface area contributed by atoms with Gasteiger partial charge in [0, 0.05) is 38.4 Å². The zero-order valence-corrected chi connectivity index (χ0v) is 17.0. The van der Waals surface area contributed by atoms with Gasteiger partial charge in [-0.2, -0.15) is 0 Å². The van der Waals surface area contributed by atoms with E-state index in [0.717, 1.165) is 57.5 Å². The maximum absolute atomic E-state index is 13.3. The van der Waals surface area contributed by atoms with Crippen molar-refractivity contribution in [3.05, 3.63) is 35.4 Å². The number of piperidine rings is 2. The molecule has 0 bridgehead atoms. The Kier molecular flexibility index (Phi) is 7.68. The van der Waals surface area contributed by atoms with Crippen LogP contribution in [-0.2, 0) is 4.74 Å². The van der Waals surface area contributed by atoms with Gasteiger partial charge in [-0.05, 0) is 82.4 Å². The maximum atomic E-state index is 13.3. The standard InChI is InChI=1S/C22H35N3O2/c1-24-14-10-21(11-15-24)25(13-4-16-27-2)22(26)19-8-6-18(7-9-19)20-5-3-12-23-17-20/h6-9,20-21,23H,3-5,10-17H2,1-2H3/t20-/m0/s1. The van der Waals surface area contributed by atoms with Crippen LogP contribution in [0.1, 0.15) is 53.9 Å². The van der Waals surface area contributed by atoms with E-state index in [-0.39, 0.29) is 5.91 Å². The highest BCUT2D eigenvalue weighted by Gasteiger charge is 2.27. The second-order valence-corrected chi connectivity index (χ2v) is 8.04. The fourth-order valence-corrected chi connectivity index (χ4v) is 4.34. The smallest absolute Gasteiger partial charge is 0.254 e. The van der Waals surface area contributed by atoms with Gasteiger partial charge < -0.3 is 19.9 Å². The Bertz CT molecular complexity index is 576. The van der Waals surface area contributed by atoms with Crippen molar-refractivity contribution in [2.45, 2.75) is 44.1 Å². The molecule has 1 aromatic rings. The van der Waals surface area contributed by atoms with E-state index in [1.54, 1.807) is 7.11 Å². The lowest BCUT2D eigenvalue weighted by atomic mass is 9.91. The normalized spacial score (nSPS) is 21.9. The molecule has 2 fully saturated rings. The number of benzene rings is 1. The Morgan fingerprint density at radius 3 is 2.59 bits per heavy atom. The Labute approximate surface area is 164 Å². The van der Waals surface area contributed by atoms with Crippen LogP contribution in [0.2, 0.25) is 0 Å². The fraction of sp³-hybridized carbons (Fsp3) is 0.682. The summed E-state index contributed by atoms with van der Waals surface area (Å²) in [5, 5.41) is 3.47. The maximum Gasteiger partial charge on any atom is 0.254 e. The van der Waals surface area contributed by atoms with Gasteiger partial charge >= 0.3 is 0 Å². The summed E-state index contributed by atoms with van der Waals surface area (Å²) in [6, 6.07) is 8.72. The average molecular weight is 374 g/mol. The quantitative estimate of drug-likeness (QED) is 0.747. The fourth-order valence-electron chi connectivity index (χ4n) is 4.34. The number of ether oxygens (including phenoxy) is 1. The second-order valence-electron chi connectivity index (χ2n) is 8.04. The highest BCUT2D eigenvalue weighted by molar-refractivity contribution is 5.94. The minimum absolute atomic E-state index is 0.175. The van der Waals surface area contributed by atoms with E-state index in [4.69, 9.17) is 4.74 Å². The Morgan fingerprint density at radius 2 is 1.96 bits per heavy atom. The zero-order chi connectivity index (χ0) is 19.1. The monoisotopic (exact) mass is 373 g/mol. The molecule has 0 spiro atoms. The summed E-state index contributed by atoms with van der Waals surface area (Å²) < 4.78 is 5.21. The number of nitrogens with zero attached hydrogens (tertiary/aromatic N) is 2. The second kappa shape index (κ2) is 10.2. The van der Waals surface area contributed by atoms with E-state index in [9.17, 15) is 4.79 Å². The summed E-state index contributed by atoms with van der Waals surface area (Å²) in [6.07, 6.45) is 5.47. The molecule has 0 aliphatic carbocycles. The number of carbonyl (C=O) groups is 1. The van der Waals surface area contributed by atoms with E-state index in [0.29, 0.717) is 18.6 Å². The number of nitrogens with one attached hydrogen (secondary N) is 1. The molecule has 5 heteroatoms. The van der Waals surface area contributed by atoms with Crippen molar-refractivity contribution < 1.29 is 9.53 Å². The lowest BCUT2D eigenvalue weighted by molar-refractivity contribution is 0.0564. The number of hydrogen-bond donors (Lipinski definition) is 1. The van der Waals surface area contributed by atoms with Crippen LogP contribution >= 0.6 is 0 Å². The molecule has 2 aliphatic rings. The first kappa shape index (κ1) is 20.3. The van der Waals surface area contributed by atoms with Crippen molar-refractivity contribution in [1.82, 2.24) is 15.1 Å². The van der Waals surface area contributed by atoms with Gasteiger partial charge in [0.15, 0.2) is 0 Å². The van der Waals surface area contributed by atoms with Gasteiger partial charge in [0.05, 0.1) is 0 Å². The van der Waals surface area contributed by atoms with Gasteiger partial charge in [0.1, 0.15) is 0 Å². The van der Waals surface area contributed by atoms with Crippen molar-refractivity contribution in [3.8, 4) is 0 Å².